The Morgan fingerprint density at radius 2 is 1.64 bits per heavy atom. The molecule has 1 aromatic rings. The van der Waals surface area contributed by atoms with E-state index >= 15 is 0 Å². The van der Waals surface area contributed by atoms with E-state index in [-0.39, 0.29) is 5.97 Å². The van der Waals surface area contributed by atoms with E-state index in [9.17, 15) is 4.79 Å². The lowest BCUT2D eigenvalue weighted by atomic mass is 10.1. The van der Waals surface area contributed by atoms with Gasteiger partial charge < -0.3 is 4.74 Å². The van der Waals surface area contributed by atoms with Crippen LogP contribution < -0.4 is 4.74 Å². The molecule has 0 spiro atoms. The van der Waals surface area contributed by atoms with Crippen molar-refractivity contribution in [1.82, 2.24) is 0 Å². The van der Waals surface area contributed by atoms with Gasteiger partial charge in [0.15, 0.2) is 0 Å². The number of aryl methyl sites for hydroxylation is 1. The molecule has 0 radical (unpaired) electrons. The lowest BCUT2D eigenvalue weighted by Gasteiger charge is -2.06. The Hall–Kier alpha value is -0.830. The fourth-order valence-electron chi connectivity index (χ4n) is 2.38. The number of unbranched alkanes of at least 4 members (excludes halogenated alkanes) is 6. The van der Waals surface area contributed by atoms with Crippen molar-refractivity contribution in [3.63, 3.8) is 0 Å². The van der Waals surface area contributed by atoms with Crippen LogP contribution in [0.1, 0.15) is 70.3 Å². The zero-order valence-corrected chi connectivity index (χ0v) is 15.4. The van der Waals surface area contributed by atoms with Crippen molar-refractivity contribution in [2.75, 3.05) is 5.33 Å². The molecular weight excluding hydrogens is 340 g/mol. The minimum atomic E-state index is -0.112. The van der Waals surface area contributed by atoms with Crippen molar-refractivity contribution in [2.45, 2.75) is 71.1 Å². The van der Waals surface area contributed by atoms with Gasteiger partial charge in [-0.1, -0.05) is 67.1 Å². The SMILES string of the molecule is CCCCCc1ccc(OC(=O)CCCCCCCBr)cc1. The van der Waals surface area contributed by atoms with Crippen LogP contribution in [0.3, 0.4) is 0 Å². The zero-order valence-electron chi connectivity index (χ0n) is 13.8. The Balaban J connectivity index is 2.18. The Labute approximate surface area is 143 Å². The molecule has 3 heteroatoms. The molecule has 0 aliphatic carbocycles. The molecule has 124 valence electrons. The molecule has 0 aliphatic heterocycles. The van der Waals surface area contributed by atoms with Crippen molar-refractivity contribution in [3.8, 4) is 5.75 Å². The minimum absolute atomic E-state index is 0.112. The van der Waals surface area contributed by atoms with E-state index < -0.39 is 0 Å². The summed E-state index contributed by atoms with van der Waals surface area (Å²) >= 11 is 3.43. The number of ether oxygens (including phenoxy) is 1. The van der Waals surface area contributed by atoms with Crippen molar-refractivity contribution in [1.29, 1.82) is 0 Å². The standard InChI is InChI=1S/C19H29BrO2/c1-2-3-7-10-17-12-14-18(15-13-17)22-19(21)11-8-5-4-6-9-16-20/h12-15H,2-11,16H2,1H3. The van der Waals surface area contributed by atoms with Crippen LogP contribution in [-0.4, -0.2) is 11.3 Å². The molecule has 0 unspecified atom stereocenters. The van der Waals surface area contributed by atoms with Gasteiger partial charge in [-0.2, -0.15) is 0 Å². The van der Waals surface area contributed by atoms with Crippen molar-refractivity contribution in [2.24, 2.45) is 0 Å². The van der Waals surface area contributed by atoms with Gasteiger partial charge in [-0.05, 0) is 43.4 Å². The summed E-state index contributed by atoms with van der Waals surface area (Å²) in [6, 6.07) is 7.96. The van der Waals surface area contributed by atoms with Crippen LogP contribution >= 0.6 is 15.9 Å². The Morgan fingerprint density at radius 3 is 2.32 bits per heavy atom. The second kappa shape index (κ2) is 12.7. The molecule has 1 rings (SSSR count). The van der Waals surface area contributed by atoms with Crippen LogP contribution in [0, 0.1) is 0 Å². The molecule has 0 amide bonds. The number of carbonyl (C=O) groups excluding carboxylic acids is 1. The smallest absolute Gasteiger partial charge is 0.311 e. The monoisotopic (exact) mass is 368 g/mol. The molecule has 0 heterocycles. The highest BCUT2D eigenvalue weighted by Crippen LogP contribution is 2.15. The van der Waals surface area contributed by atoms with Crippen molar-refractivity contribution < 1.29 is 9.53 Å². The average molecular weight is 369 g/mol. The van der Waals surface area contributed by atoms with E-state index in [0.29, 0.717) is 12.2 Å². The van der Waals surface area contributed by atoms with Crippen LogP contribution in [0.4, 0.5) is 0 Å². The van der Waals surface area contributed by atoms with Crippen LogP contribution in [0.5, 0.6) is 5.75 Å². The Morgan fingerprint density at radius 1 is 0.955 bits per heavy atom. The summed E-state index contributed by atoms with van der Waals surface area (Å²) in [6.45, 7) is 2.21. The average Bonchev–Trinajstić information content (AvgIpc) is 2.53. The Kier molecular flexibility index (Phi) is 11.1. The van der Waals surface area contributed by atoms with Crippen molar-refractivity contribution in [3.05, 3.63) is 29.8 Å². The fourth-order valence-corrected chi connectivity index (χ4v) is 2.78. The quantitative estimate of drug-likeness (QED) is 0.194. The van der Waals surface area contributed by atoms with Gasteiger partial charge in [0, 0.05) is 11.8 Å². The molecule has 0 bridgehead atoms. The van der Waals surface area contributed by atoms with E-state index in [1.54, 1.807) is 0 Å². The first-order valence-corrected chi connectivity index (χ1v) is 9.74. The van der Waals surface area contributed by atoms with Gasteiger partial charge in [0.1, 0.15) is 5.75 Å². The number of carbonyl (C=O) groups is 1. The van der Waals surface area contributed by atoms with Gasteiger partial charge in [-0.25, -0.2) is 0 Å². The second-order valence-corrected chi connectivity index (χ2v) is 6.57. The number of hydrogen-bond donors (Lipinski definition) is 0. The summed E-state index contributed by atoms with van der Waals surface area (Å²) < 4.78 is 5.38. The summed E-state index contributed by atoms with van der Waals surface area (Å²) in [5.41, 5.74) is 1.32. The van der Waals surface area contributed by atoms with Crippen LogP contribution in [0.25, 0.3) is 0 Å². The molecular formula is C19H29BrO2. The first kappa shape index (κ1) is 19.2. The lowest BCUT2D eigenvalue weighted by Crippen LogP contribution is -2.07. The molecule has 0 aromatic heterocycles. The third kappa shape index (κ3) is 9.24. The van der Waals surface area contributed by atoms with Gasteiger partial charge in [-0.3, -0.25) is 4.79 Å². The summed E-state index contributed by atoms with van der Waals surface area (Å²) in [5.74, 6) is 0.558. The predicted octanol–water partition coefficient (Wildman–Crippen LogP) is 6.06. The van der Waals surface area contributed by atoms with Crippen LogP contribution in [-0.2, 0) is 11.2 Å². The molecule has 0 saturated carbocycles. The predicted molar refractivity (Wildman–Crippen MR) is 96.8 cm³/mol. The number of hydrogen-bond acceptors (Lipinski definition) is 2. The maximum Gasteiger partial charge on any atom is 0.311 e. The van der Waals surface area contributed by atoms with Crippen LogP contribution in [0.15, 0.2) is 24.3 Å². The van der Waals surface area contributed by atoms with Gasteiger partial charge in [-0.15, -0.1) is 0 Å². The van der Waals surface area contributed by atoms with Crippen LogP contribution in [0.2, 0.25) is 0 Å². The second-order valence-electron chi connectivity index (χ2n) is 5.78. The van der Waals surface area contributed by atoms with E-state index in [2.05, 4.69) is 35.0 Å². The first-order valence-electron chi connectivity index (χ1n) is 8.62. The molecule has 0 aliphatic rings. The summed E-state index contributed by atoms with van der Waals surface area (Å²) in [4.78, 5) is 11.8. The summed E-state index contributed by atoms with van der Waals surface area (Å²) in [6.07, 6.45) is 11.1. The topological polar surface area (TPSA) is 26.3 Å². The molecule has 2 nitrogen and oxygen atoms in total. The minimum Gasteiger partial charge on any atom is -0.427 e. The maximum absolute atomic E-state index is 11.8. The summed E-state index contributed by atoms with van der Waals surface area (Å²) in [5, 5.41) is 1.07. The highest BCUT2D eigenvalue weighted by Gasteiger charge is 2.04. The van der Waals surface area contributed by atoms with Gasteiger partial charge in [0.2, 0.25) is 0 Å². The summed E-state index contributed by atoms with van der Waals surface area (Å²) in [7, 11) is 0. The molecule has 0 saturated heterocycles. The van der Waals surface area contributed by atoms with E-state index in [0.717, 1.165) is 24.6 Å². The maximum atomic E-state index is 11.8. The molecule has 1 aromatic carbocycles. The third-order valence-corrected chi connectivity index (χ3v) is 4.30. The van der Waals surface area contributed by atoms with Crippen molar-refractivity contribution >= 4 is 21.9 Å². The molecule has 0 fully saturated rings. The number of alkyl halides is 1. The van der Waals surface area contributed by atoms with Gasteiger partial charge >= 0.3 is 5.97 Å². The highest BCUT2D eigenvalue weighted by molar-refractivity contribution is 9.09. The number of esters is 1. The number of rotatable bonds is 12. The molecule has 22 heavy (non-hydrogen) atoms. The number of benzene rings is 1. The normalized spacial score (nSPS) is 10.6. The van der Waals surface area contributed by atoms with E-state index in [4.69, 9.17) is 4.74 Å². The fraction of sp³-hybridized carbons (Fsp3) is 0.632. The largest absolute Gasteiger partial charge is 0.427 e. The van der Waals surface area contributed by atoms with Gasteiger partial charge in [0.05, 0.1) is 0 Å². The first-order chi connectivity index (χ1) is 10.8. The lowest BCUT2D eigenvalue weighted by molar-refractivity contribution is -0.134. The zero-order chi connectivity index (χ0) is 16.0. The molecule has 0 N–H and O–H groups in total. The van der Waals surface area contributed by atoms with E-state index in [1.807, 2.05) is 12.1 Å². The van der Waals surface area contributed by atoms with E-state index in [1.165, 1.54) is 44.1 Å². The Bertz CT molecular complexity index is 400. The number of halogens is 1. The third-order valence-electron chi connectivity index (χ3n) is 3.74. The highest BCUT2D eigenvalue weighted by atomic mass is 79.9. The molecule has 0 atom stereocenters. The van der Waals surface area contributed by atoms with Gasteiger partial charge in [0.25, 0.3) is 0 Å².